The Hall–Kier alpha value is -1.63. The lowest BCUT2D eigenvalue weighted by Crippen LogP contribution is -2.18. The van der Waals surface area contributed by atoms with Crippen LogP contribution in [0.2, 0.25) is 0 Å². The third-order valence-electron chi connectivity index (χ3n) is 1.65. The number of thiol groups is 1. The Bertz CT molecular complexity index is 455. The van der Waals surface area contributed by atoms with Crippen molar-refractivity contribution >= 4 is 24.7 Å². The standard InChI is InChI=1S/C10H7F3O3S/c11-10(12,13)16-9-6(4-5-8(14)15)2-1-3-7(9)17/h1-5,17H,(H,14,15)/b5-4+. The largest absolute Gasteiger partial charge is 0.573 e. The van der Waals surface area contributed by atoms with Crippen molar-refractivity contribution < 1.29 is 27.8 Å². The lowest BCUT2D eigenvalue weighted by atomic mass is 10.2. The van der Waals surface area contributed by atoms with Crippen LogP contribution in [-0.2, 0) is 4.79 Å². The van der Waals surface area contributed by atoms with Gasteiger partial charge in [0.2, 0.25) is 0 Å². The van der Waals surface area contributed by atoms with Crippen molar-refractivity contribution in [3.8, 4) is 5.75 Å². The zero-order chi connectivity index (χ0) is 13.1. The first-order valence-electron chi connectivity index (χ1n) is 4.28. The highest BCUT2D eigenvalue weighted by atomic mass is 32.1. The number of carboxylic acids is 1. The molecule has 0 aromatic heterocycles. The molecule has 17 heavy (non-hydrogen) atoms. The van der Waals surface area contributed by atoms with Crippen molar-refractivity contribution in [1.82, 2.24) is 0 Å². The predicted octanol–water partition coefficient (Wildman–Crippen LogP) is 2.97. The summed E-state index contributed by atoms with van der Waals surface area (Å²) in [6, 6.07) is 4.04. The molecule has 0 bridgehead atoms. The van der Waals surface area contributed by atoms with Crippen LogP contribution in [0.5, 0.6) is 5.75 Å². The number of hydrogen-bond donors (Lipinski definition) is 2. The summed E-state index contributed by atoms with van der Waals surface area (Å²) in [5.74, 6) is -1.80. The second kappa shape index (κ2) is 5.13. The minimum Gasteiger partial charge on any atom is -0.478 e. The van der Waals surface area contributed by atoms with Crippen molar-refractivity contribution in [2.24, 2.45) is 0 Å². The molecule has 7 heteroatoms. The van der Waals surface area contributed by atoms with Gasteiger partial charge in [0.15, 0.2) is 0 Å². The average Bonchev–Trinajstić information content (AvgIpc) is 2.17. The molecular weight excluding hydrogens is 257 g/mol. The summed E-state index contributed by atoms with van der Waals surface area (Å²) in [4.78, 5) is 10.3. The van der Waals surface area contributed by atoms with Gasteiger partial charge < -0.3 is 9.84 Å². The van der Waals surface area contributed by atoms with Gasteiger partial charge in [0.05, 0.1) is 0 Å². The molecule has 1 aromatic rings. The quantitative estimate of drug-likeness (QED) is 0.651. The van der Waals surface area contributed by atoms with Crippen molar-refractivity contribution in [2.75, 3.05) is 0 Å². The number of carbonyl (C=O) groups is 1. The van der Waals surface area contributed by atoms with E-state index in [0.717, 1.165) is 6.08 Å². The Morgan fingerprint density at radius 3 is 2.59 bits per heavy atom. The van der Waals surface area contributed by atoms with Crippen LogP contribution < -0.4 is 4.74 Å². The van der Waals surface area contributed by atoms with E-state index in [1.54, 1.807) is 0 Å². The smallest absolute Gasteiger partial charge is 0.478 e. The maximum atomic E-state index is 12.1. The molecule has 3 nitrogen and oxygen atoms in total. The molecule has 0 unspecified atom stereocenters. The van der Waals surface area contributed by atoms with Gasteiger partial charge in [-0.3, -0.25) is 0 Å². The van der Waals surface area contributed by atoms with Gasteiger partial charge in [-0.1, -0.05) is 12.1 Å². The molecule has 1 N–H and O–H groups in total. The van der Waals surface area contributed by atoms with E-state index in [2.05, 4.69) is 17.4 Å². The van der Waals surface area contributed by atoms with Gasteiger partial charge >= 0.3 is 12.3 Å². The molecule has 0 fully saturated rings. The summed E-state index contributed by atoms with van der Waals surface area (Å²) < 4.78 is 40.1. The maximum Gasteiger partial charge on any atom is 0.573 e. The zero-order valence-corrected chi connectivity index (χ0v) is 9.13. The lowest BCUT2D eigenvalue weighted by molar-refractivity contribution is -0.275. The van der Waals surface area contributed by atoms with Gasteiger partial charge in [-0.2, -0.15) is 0 Å². The summed E-state index contributed by atoms with van der Waals surface area (Å²) in [5, 5.41) is 8.40. The molecule has 0 radical (unpaired) electrons. The van der Waals surface area contributed by atoms with Gasteiger partial charge in [-0.15, -0.1) is 25.8 Å². The van der Waals surface area contributed by atoms with Gasteiger partial charge in [0, 0.05) is 16.5 Å². The predicted molar refractivity (Wildman–Crippen MR) is 57.0 cm³/mol. The summed E-state index contributed by atoms with van der Waals surface area (Å²) in [6.07, 6.45) is -3.14. The van der Waals surface area contributed by atoms with E-state index in [0.29, 0.717) is 6.08 Å². The van der Waals surface area contributed by atoms with Crippen molar-refractivity contribution in [1.29, 1.82) is 0 Å². The van der Waals surface area contributed by atoms with E-state index >= 15 is 0 Å². The van der Waals surface area contributed by atoms with Crippen LogP contribution in [0, 0.1) is 0 Å². The fourth-order valence-corrected chi connectivity index (χ4v) is 1.32. The highest BCUT2D eigenvalue weighted by Crippen LogP contribution is 2.33. The zero-order valence-electron chi connectivity index (χ0n) is 8.23. The third-order valence-corrected chi connectivity index (χ3v) is 2.00. The number of para-hydroxylation sites is 1. The molecule has 1 aromatic carbocycles. The lowest BCUT2D eigenvalue weighted by Gasteiger charge is -2.13. The molecule has 92 valence electrons. The SMILES string of the molecule is O=C(O)/C=C/c1cccc(S)c1OC(F)(F)F. The Morgan fingerprint density at radius 2 is 2.06 bits per heavy atom. The van der Waals surface area contributed by atoms with E-state index in [9.17, 15) is 18.0 Å². The van der Waals surface area contributed by atoms with Crippen LogP contribution in [-0.4, -0.2) is 17.4 Å². The number of alkyl halides is 3. The van der Waals surface area contributed by atoms with Gasteiger partial charge in [-0.25, -0.2) is 4.79 Å². The topological polar surface area (TPSA) is 46.5 Å². The fourth-order valence-electron chi connectivity index (χ4n) is 1.06. The average molecular weight is 264 g/mol. The molecule has 0 aliphatic rings. The Kier molecular flexibility index (Phi) is 4.06. The van der Waals surface area contributed by atoms with E-state index < -0.39 is 18.1 Å². The van der Waals surface area contributed by atoms with Crippen LogP contribution in [0.15, 0.2) is 29.2 Å². The first-order valence-corrected chi connectivity index (χ1v) is 4.73. The summed E-state index contributed by atoms with van der Waals surface area (Å²) in [7, 11) is 0. The number of benzene rings is 1. The van der Waals surface area contributed by atoms with Gasteiger partial charge in [0.25, 0.3) is 0 Å². The summed E-state index contributed by atoms with van der Waals surface area (Å²) >= 11 is 3.82. The molecule has 0 heterocycles. The number of carboxylic acid groups (broad SMARTS) is 1. The Balaban J connectivity index is 3.13. The summed E-state index contributed by atoms with van der Waals surface area (Å²) in [5.41, 5.74) is -0.0165. The summed E-state index contributed by atoms with van der Waals surface area (Å²) in [6.45, 7) is 0. The second-order valence-corrected chi connectivity index (χ2v) is 3.40. The Labute approximate surface area is 99.9 Å². The first kappa shape index (κ1) is 13.4. The Morgan fingerprint density at radius 1 is 1.41 bits per heavy atom. The van der Waals surface area contributed by atoms with Crippen LogP contribution >= 0.6 is 12.6 Å². The first-order chi connectivity index (χ1) is 7.79. The van der Waals surface area contributed by atoms with E-state index in [-0.39, 0.29) is 10.5 Å². The third kappa shape index (κ3) is 4.39. The highest BCUT2D eigenvalue weighted by Gasteiger charge is 2.32. The van der Waals surface area contributed by atoms with Crippen molar-refractivity contribution in [3.63, 3.8) is 0 Å². The highest BCUT2D eigenvalue weighted by molar-refractivity contribution is 7.80. The molecule has 1 rings (SSSR count). The molecule has 0 atom stereocenters. The minimum atomic E-state index is -4.86. The van der Waals surface area contributed by atoms with E-state index in [4.69, 9.17) is 5.11 Å². The molecule has 0 aliphatic carbocycles. The van der Waals surface area contributed by atoms with Crippen LogP contribution in [0.25, 0.3) is 6.08 Å². The molecule has 0 saturated heterocycles. The van der Waals surface area contributed by atoms with Gasteiger partial charge in [0.1, 0.15) is 5.75 Å². The van der Waals surface area contributed by atoms with Crippen molar-refractivity contribution in [3.05, 3.63) is 29.8 Å². The maximum absolute atomic E-state index is 12.1. The number of halogens is 3. The molecule has 0 saturated carbocycles. The van der Waals surface area contributed by atoms with Gasteiger partial charge in [-0.05, 0) is 12.1 Å². The number of ether oxygens (including phenoxy) is 1. The molecule has 0 amide bonds. The number of rotatable bonds is 3. The second-order valence-electron chi connectivity index (χ2n) is 2.91. The van der Waals surface area contributed by atoms with Crippen LogP contribution in [0.1, 0.15) is 5.56 Å². The van der Waals surface area contributed by atoms with Crippen LogP contribution in [0.3, 0.4) is 0 Å². The number of aliphatic carboxylic acids is 1. The van der Waals surface area contributed by atoms with Crippen LogP contribution in [0.4, 0.5) is 13.2 Å². The normalized spacial score (nSPS) is 11.8. The molecule has 0 aliphatic heterocycles. The minimum absolute atomic E-state index is 0.0165. The molecular formula is C10H7F3O3S. The monoisotopic (exact) mass is 264 g/mol. The molecule has 0 spiro atoms. The van der Waals surface area contributed by atoms with Crippen molar-refractivity contribution in [2.45, 2.75) is 11.3 Å². The number of hydrogen-bond acceptors (Lipinski definition) is 3. The van der Waals surface area contributed by atoms with E-state index in [1.165, 1.54) is 18.2 Å². The fraction of sp³-hybridized carbons (Fsp3) is 0.100. The van der Waals surface area contributed by atoms with E-state index in [1.807, 2.05) is 0 Å².